The molecule has 1 aliphatic rings. The lowest BCUT2D eigenvalue weighted by Crippen LogP contribution is -2.24. The highest BCUT2D eigenvalue weighted by atomic mass is 16.5. The Morgan fingerprint density at radius 1 is 1.38 bits per heavy atom. The predicted octanol–water partition coefficient (Wildman–Crippen LogP) is 1.89. The highest BCUT2D eigenvalue weighted by Crippen LogP contribution is 2.26. The zero-order chi connectivity index (χ0) is 11.4. The maximum Gasteiger partial charge on any atom is 0.232 e. The van der Waals surface area contributed by atoms with Crippen LogP contribution in [0, 0.1) is 5.92 Å². The Bertz CT molecular complexity index is 326. The van der Waals surface area contributed by atoms with E-state index in [0.717, 1.165) is 24.5 Å². The van der Waals surface area contributed by atoms with Gasteiger partial charge in [0.25, 0.3) is 0 Å². The van der Waals surface area contributed by atoms with E-state index in [-0.39, 0.29) is 0 Å². The van der Waals surface area contributed by atoms with Crippen LogP contribution in [0.4, 0.5) is 0 Å². The first kappa shape index (κ1) is 11.3. The van der Waals surface area contributed by atoms with Crippen molar-refractivity contribution in [2.75, 3.05) is 0 Å². The zero-order valence-electron chi connectivity index (χ0n) is 9.72. The van der Waals surface area contributed by atoms with E-state index in [4.69, 9.17) is 10.5 Å². The molecule has 1 heterocycles. The van der Waals surface area contributed by atoms with Crippen LogP contribution >= 0.6 is 0 Å². The number of aromatic nitrogens is 2. The van der Waals surface area contributed by atoms with Gasteiger partial charge < -0.3 is 10.5 Å². The van der Waals surface area contributed by atoms with Crippen molar-refractivity contribution in [3.8, 4) is 5.88 Å². The molecule has 0 saturated heterocycles. The van der Waals surface area contributed by atoms with E-state index in [0.29, 0.717) is 18.5 Å². The van der Waals surface area contributed by atoms with Crippen molar-refractivity contribution in [2.24, 2.45) is 11.7 Å². The molecule has 2 rings (SSSR count). The van der Waals surface area contributed by atoms with E-state index in [1.165, 1.54) is 12.8 Å². The lowest BCUT2D eigenvalue weighted by atomic mass is 9.89. The highest BCUT2D eigenvalue weighted by Gasteiger charge is 2.20. The molecule has 4 heteroatoms. The van der Waals surface area contributed by atoms with Gasteiger partial charge >= 0.3 is 0 Å². The number of ether oxygens (including phenoxy) is 1. The molecule has 2 atom stereocenters. The van der Waals surface area contributed by atoms with Gasteiger partial charge in [0, 0.05) is 6.54 Å². The molecule has 1 fully saturated rings. The Hall–Kier alpha value is -1.16. The van der Waals surface area contributed by atoms with Gasteiger partial charge in [0.15, 0.2) is 0 Å². The summed E-state index contributed by atoms with van der Waals surface area (Å²) in [4.78, 5) is 8.37. The Labute approximate surface area is 96.2 Å². The molecule has 0 amide bonds. The summed E-state index contributed by atoms with van der Waals surface area (Å²) in [5.74, 6) is 1.38. The Balaban J connectivity index is 1.92. The molecule has 4 nitrogen and oxygen atoms in total. The van der Waals surface area contributed by atoms with Gasteiger partial charge in [-0.05, 0) is 25.2 Å². The van der Waals surface area contributed by atoms with Crippen LogP contribution in [0.1, 0.15) is 38.3 Å². The molecule has 0 radical (unpaired) electrons. The summed E-state index contributed by atoms with van der Waals surface area (Å²) < 4.78 is 5.81. The summed E-state index contributed by atoms with van der Waals surface area (Å²) >= 11 is 0. The topological polar surface area (TPSA) is 61.0 Å². The molecule has 0 aliphatic heterocycles. The highest BCUT2D eigenvalue weighted by molar-refractivity contribution is 5.07. The van der Waals surface area contributed by atoms with E-state index in [2.05, 4.69) is 16.9 Å². The van der Waals surface area contributed by atoms with Crippen LogP contribution in [0.25, 0.3) is 0 Å². The molecule has 0 spiro atoms. The number of nitrogens with zero attached hydrogens (tertiary/aromatic N) is 2. The summed E-state index contributed by atoms with van der Waals surface area (Å²) in [5.41, 5.74) is 6.25. The lowest BCUT2D eigenvalue weighted by molar-refractivity contribution is 0.123. The third kappa shape index (κ3) is 2.92. The largest absolute Gasteiger partial charge is 0.473 e. The summed E-state index contributed by atoms with van der Waals surface area (Å²) in [5, 5.41) is 0. The fourth-order valence-electron chi connectivity index (χ4n) is 2.17. The van der Waals surface area contributed by atoms with Crippen LogP contribution in [-0.2, 0) is 6.54 Å². The first-order valence-corrected chi connectivity index (χ1v) is 5.95. The molecule has 1 aliphatic carbocycles. The normalized spacial score (nSPS) is 25.4. The molecule has 2 N–H and O–H groups in total. The average molecular weight is 221 g/mol. The molecule has 0 bridgehead atoms. The number of rotatable bonds is 3. The van der Waals surface area contributed by atoms with Gasteiger partial charge in [0.2, 0.25) is 5.88 Å². The first-order valence-electron chi connectivity index (χ1n) is 5.95. The maximum atomic E-state index is 5.81. The summed E-state index contributed by atoms with van der Waals surface area (Å²) in [6, 6.07) is 0. The van der Waals surface area contributed by atoms with Gasteiger partial charge in [-0.3, -0.25) is 4.98 Å². The second-order valence-electron chi connectivity index (χ2n) is 4.56. The number of hydrogen-bond donors (Lipinski definition) is 1. The second-order valence-corrected chi connectivity index (χ2v) is 4.56. The Morgan fingerprint density at radius 3 is 2.88 bits per heavy atom. The molecule has 1 aromatic rings. The SMILES string of the molecule is CC1CCCC(Oc2cnc(CN)cn2)C1. The third-order valence-electron chi connectivity index (χ3n) is 3.07. The average Bonchev–Trinajstić information content (AvgIpc) is 2.30. The molecular weight excluding hydrogens is 202 g/mol. The standard InChI is InChI=1S/C12H19N3O/c1-9-3-2-4-11(5-9)16-12-8-14-10(6-13)7-15-12/h7-9,11H,2-6,13H2,1H3. The lowest BCUT2D eigenvalue weighted by Gasteiger charge is -2.26. The van der Waals surface area contributed by atoms with Crippen molar-refractivity contribution in [1.82, 2.24) is 9.97 Å². The van der Waals surface area contributed by atoms with Crippen LogP contribution < -0.4 is 10.5 Å². The van der Waals surface area contributed by atoms with E-state index in [1.54, 1.807) is 12.4 Å². The van der Waals surface area contributed by atoms with Crippen molar-refractivity contribution in [2.45, 2.75) is 45.3 Å². The smallest absolute Gasteiger partial charge is 0.232 e. The van der Waals surface area contributed by atoms with Crippen molar-refractivity contribution in [3.63, 3.8) is 0 Å². The Kier molecular flexibility index (Phi) is 3.72. The predicted molar refractivity (Wildman–Crippen MR) is 62.0 cm³/mol. The van der Waals surface area contributed by atoms with Crippen molar-refractivity contribution in [3.05, 3.63) is 18.1 Å². The minimum Gasteiger partial charge on any atom is -0.473 e. The van der Waals surface area contributed by atoms with Gasteiger partial charge in [0.05, 0.1) is 18.1 Å². The second kappa shape index (κ2) is 5.25. The number of nitrogens with two attached hydrogens (primary N) is 1. The molecule has 2 unspecified atom stereocenters. The molecule has 0 aromatic carbocycles. The zero-order valence-corrected chi connectivity index (χ0v) is 9.72. The number of hydrogen-bond acceptors (Lipinski definition) is 4. The Morgan fingerprint density at radius 2 is 2.25 bits per heavy atom. The maximum absolute atomic E-state index is 5.81. The summed E-state index contributed by atoms with van der Waals surface area (Å²) in [6.45, 7) is 2.70. The van der Waals surface area contributed by atoms with Crippen LogP contribution in [0.5, 0.6) is 5.88 Å². The van der Waals surface area contributed by atoms with Gasteiger partial charge in [-0.2, -0.15) is 0 Å². The van der Waals surface area contributed by atoms with E-state index in [9.17, 15) is 0 Å². The first-order chi connectivity index (χ1) is 7.78. The van der Waals surface area contributed by atoms with E-state index < -0.39 is 0 Å². The third-order valence-corrected chi connectivity index (χ3v) is 3.07. The minimum atomic E-state index is 0.307. The van der Waals surface area contributed by atoms with Gasteiger partial charge in [0.1, 0.15) is 6.10 Å². The van der Waals surface area contributed by atoms with Gasteiger partial charge in [-0.15, -0.1) is 0 Å². The van der Waals surface area contributed by atoms with E-state index in [1.807, 2.05) is 0 Å². The van der Waals surface area contributed by atoms with Crippen molar-refractivity contribution in [1.29, 1.82) is 0 Å². The van der Waals surface area contributed by atoms with Gasteiger partial charge in [-0.25, -0.2) is 4.98 Å². The molecule has 88 valence electrons. The van der Waals surface area contributed by atoms with Crippen molar-refractivity contribution >= 4 is 0 Å². The van der Waals surface area contributed by atoms with E-state index >= 15 is 0 Å². The molecule has 1 saturated carbocycles. The van der Waals surface area contributed by atoms with Gasteiger partial charge in [-0.1, -0.05) is 13.3 Å². The fraction of sp³-hybridized carbons (Fsp3) is 0.667. The quantitative estimate of drug-likeness (QED) is 0.846. The molecular formula is C12H19N3O. The molecule has 16 heavy (non-hydrogen) atoms. The van der Waals surface area contributed by atoms with Crippen molar-refractivity contribution < 1.29 is 4.74 Å². The molecule has 1 aromatic heterocycles. The monoisotopic (exact) mass is 221 g/mol. The van der Waals surface area contributed by atoms with Crippen LogP contribution in [0.15, 0.2) is 12.4 Å². The van der Waals surface area contributed by atoms with Crippen LogP contribution in [-0.4, -0.2) is 16.1 Å². The minimum absolute atomic E-state index is 0.307. The fourth-order valence-corrected chi connectivity index (χ4v) is 2.17. The summed E-state index contributed by atoms with van der Waals surface area (Å²) in [6.07, 6.45) is 8.48. The van der Waals surface area contributed by atoms with Crippen LogP contribution in [0.3, 0.4) is 0 Å². The van der Waals surface area contributed by atoms with Crippen LogP contribution in [0.2, 0.25) is 0 Å². The summed E-state index contributed by atoms with van der Waals surface area (Å²) in [7, 11) is 0.